The van der Waals surface area contributed by atoms with E-state index in [9.17, 15) is 23.6 Å². The third-order valence-corrected chi connectivity index (χ3v) is 8.12. The molecular weight excluding hydrogens is 535 g/mol. The number of esters is 1. The number of carbonyl (C=O) groups excluding carboxylic acids is 4. The van der Waals surface area contributed by atoms with Gasteiger partial charge in [-0.05, 0) is 48.0 Å². The van der Waals surface area contributed by atoms with Crippen molar-refractivity contribution in [3.8, 4) is 5.75 Å². The average molecular weight is 559 g/mol. The lowest BCUT2D eigenvalue weighted by molar-refractivity contribution is -0.139. The zero-order valence-electron chi connectivity index (χ0n) is 22.1. The number of halogens is 1. The van der Waals surface area contributed by atoms with Gasteiger partial charge in [-0.1, -0.05) is 72.8 Å². The molecule has 0 bridgehead atoms. The average Bonchev–Trinajstić information content (AvgIpc) is 3.50. The van der Waals surface area contributed by atoms with Crippen LogP contribution in [0.3, 0.4) is 0 Å². The second kappa shape index (κ2) is 9.92. The van der Waals surface area contributed by atoms with Gasteiger partial charge in [0, 0.05) is 16.8 Å². The van der Waals surface area contributed by atoms with Gasteiger partial charge >= 0.3 is 5.97 Å². The summed E-state index contributed by atoms with van der Waals surface area (Å²) in [5.74, 6) is -4.63. The Balaban J connectivity index is 1.23. The molecule has 0 radical (unpaired) electrons. The van der Waals surface area contributed by atoms with Gasteiger partial charge in [0.2, 0.25) is 11.8 Å². The van der Waals surface area contributed by atoms with Gasteiger partial charge in [-0.3, -0.25) is 14.4 Å². The van der Waals surface area contributed by atoms with Crippen LogP contribution in [0.4, 0.5) is 15.8 Å². The predicted molar refractivity (Wildman–Crippen MR) is 153 cm³/mol. The summed E-state index contributed by atoms with van der Waals surface area (Å²) in [5.41, 5.74) is 2.35. The molecule has 2 amide bonds. The van der Waals surface area contributed by atoms with Crippen LogP contribution in [0.1, 0.15) is 21.5 Å². The van der Waals surface area contributed by atoms with E-state index >= 15 is 0 Å². The Morgan fingerprint density at radius 1 is 0.690 bits per heavy atom. The lowest BCUT2D eigenvalue weighted by Crippen LogP contribution is -2.50. The van der Waals surface area contributed by atoms with Crippen LogP contribution >= 0.6 is 0 Å². The van der Waals surface area contributed by atoms with Crippen LogP contribution in [0.5, 0.6) is 5.75 Å². The SMILES string of the molecule is O=C(c1ccccc1)c1ccc(OC(=O)[C@@H]2[C@@H]3C(=O)N(c4ccccc4F)C(=O)[C@@H]3[C@@H]3C=Cc4ccccc4N23)cc1. The number of ketones is 1. The number of nitrogens with zero attached hydrogens (tertiary/aromatic N) is 2. The van der Waals surface area contributed by atoms with Gasteiger partial charge in [0.1, 0.15) is 17.6 Å². The quantitative estimate of drug-likeness (QED) is 0.148. The molecule has 3 heterocycles. The molecule has 4 aromatic rings. The van der Waals surface area contributed by atoms with Gasteiger partial charge < -0.3 is 9.64 Å². The van der Waals surface area contributed by atoms with E-state index in [2.05, 4.69) is 0 Å². The Morgan fingerprint density at radius 2 is 1.31 bits per heavy atom. The molecule has 8 heteroatoms. The number of benzene rings is 4. The highest BCUT2D eigenvalue weighted by Crippen LogP contribution is 2.49. The number of fused-ring (bicyclic) bond motifs is 5. The topological polar surface area (TPSA) is 84.0 Å². The standard InChI is InChI=1S/C34H23FN2O5/c35-24-11-5-7-13-26(24)37-32(39)28-27-19-16-20-8-4-6-12-25(20)36(27)30(29(28)33(37)40)34(41)42-23-17-14-22(15-18-23)31(38)21-9-2-1-3-10-21/h1-19,27-30H/t27-,28+,29+,30-/m0/s1. The maximum Gasteiger partial charge on any atom is 0.335 e. The Kier molecular flexibility index (Phi) is 6.04. The van der Waals surface area contributed by atoms with Gasteiger partial charge in [-0.15, -0.1) is 0 Å². The third kappa shape index (κ3) is 3.95. The Morgan fingerprint density at radius 3 is 2.05 bits per heavy atom. The highest BCUT2D eigenvalue weighted by molar-refractivity contribution is 6.24. The summed E-state index contributed by atoms with van der Waals surface area (Å²) in [6.07, 6.45) is 3.68. The summed E-state index contributed by atoms with van der Waals surface area (Å²) in [4.78, 5) is 57.0. The maximum absolute atomic E-state index is 14.7. The highest BCUT2D eigenvalue weighted by atomic mass is 19.1. The number of hydrogen-bond donors (Lipinski definition) is 0. The molecule has 4 atom stereocenters. The highest BCUT2D eigenvalue weighted by Gasteiger charge is 2.65. The van der Waals surface area contributed by atoms with Crippen molar-refractivity contribution in [2.24, 2.45) is 11.8 Å². The summed E-state index contributed by atoms with van der Waals surface area (Å²) in [7, 11) is 0. The van der Waals surface area contributed by atoms with Crippen LogP contribution in [0.2, 0.25) is 0 Å². The van der Waals surface area contributed by atoms with Crippen molar-refractivity contribution >= 4 is 41.0 Å². The van der Waals surface area contributed by atoms with E-state index in [4.69, 9.17) is 4.74 Å². The molecule has 2 saturated heterocycles. The first kappa shape index (κ1) is 25.6. The van der Waals surface area contributed by atoms with Crippen LogP contribution in [0.25, 0.3) is 6.08 Å². The third-order valence-electron chi connectivity index (χ3n) is 8.12. The van der Waals surface area contributed by atoms with Crippen LogP contribution in [0, 0.1) is 17.7 Å². The zero-order valence-corrected chi connectivity index (χ0v) is 22.1. The summed E-state index contributed by atoms with van der Waals surface area (Å²) < 4.78 is 20.5. The van der Waals surface area contributed by atoms with Gasteiger partial charge in [0.05, 0.1) is 23.6 Å². The van der Waals surface area contributed by atoms with E-state index in [1.54, 1.807) is 47.4 Å². The van der Waals surface area contributed by atoms with Crippen molar-refractivity contribution in [1.82, 2.24) is 0 Å². The molecule has 0 aromatic heterocycles. The molecule has 2 fully saturated rings. The summed E-state index contributed by atoms with van der Waals surface area (Å²) >= 11 is 0. The Hall–Kier alpha value is -5.37. The number of para-hydroxylation sites is 2. The van der Waals surface area contributed by atoms with Crippen molar-refractivity contribution in [2.75, 3.05) is 9.80 Å². The molecule has 206 valence electrons. The van der Waals surface area contributed by atoms with Crippen molar-refractivity contribution in [2.45, 2.75) is 12.1 Å². The molecule has 7 rings (SSSR count). The normalized spacial score (nSPS) is 22.0. The van der Waals surface area contributed by atoms with E-state index in [0.29, 0.717) is 16.8 Å². The van der Waals surface area contributed by atoms with Crippen molar-refractivity contribution < 1.29 is 28.3 Å². The molecule has 7 nitrogen and oxygen atoms in total. The van der Waals surface area contributed by atoms with Gasteiger partial charge in [-0.2, -0.15) is 0 Å². The first-order chi connectivity index (χ1) is 20.4. The van der Waals surface area contributed by atoms with Crippen LogP contribution in [-0.2, 0) is 14.4 Å². The van der Waals surface area contributed by atoms with E-state index in [1.807, 2.05) is 42.5 Å². The van der Waals surface area contributed by atoms with E-state index in [0.717, 1.165) is 10.5 Å². The number of rotatable bonds is 5. The number of carbonyl (C=O) groups is 4. The number of amides is 2. The van der Waals surface area contributed by atoms with E-state index in [1.165, 1.54) is 30.3 Å². The molecule has 0 saturated carbocycles. The fourth-order valence-electron chi connectivity index (χ4n) is 6.26. The Bertz CT molecular complexity index is 1790. The van der Waals surface area contributed by atoms with Crippen LogP contribution < -0.4 is 14.5 Å². The molecule has 3 aliphatic heterocycles. The minimum Gasteiger partial charge on any atom is -0.425 e. The smallest absolute Gasteiger partial charge is 0.335 e. The summed E-state index contributed by atoms with van der Waals surface area (Å²) in [6, 6.07) is 26.3. The molecule has 4 aromatic carbocycles. The maximum atomic E-state index is 14.7. The van der Waals surface area contributed by atoms with E-state index < -0.39 is 47.5 Å². The lowest BCUT2D eigenvalue weighted by Gasteiger charge is -2.36. The predicted octanol–water partition coefficient (Wildman–Crippen LogP) is 5.05. The largest absolute Gasteiger partial charge is 0.425 e. The monoisotopic (exact) mass is 558 g/mol. The molecule has 3 aliphatic rings. The molecule has 42 heavy (non-hydrogen) atoms. The van der Waals surface area contributed by atoms with Crippen molar-refractivity contribution in [3.63, 3.8) is 0 Å². The molecular formula is C34H23FN2O5. The van der Waals surface area contributed by atoms with Gasteiger partial charge in [0.25, 0.3) is 0 Å². The first-order valence-electron chi connectivity index (χ1n) is 13.5. The van der Waals surface area contributed by atoms with Gasteiger partial charge in [0.15, 0.2) is 5.78 Å². The van der Waals surface area contributed by atoms with Crippen molar-refractivity contribution in [1.29, 1.82) is 0 Å². The van der Waals surface area contributed by atoms with Crippen molar-refractivity contribution in [3.05, 3.63) is 132 Å². The summed E-state index contributed by atoms with van der Waals surface area (Å²) in [6.45, 7) is 0. The Labute approximate surface area is 240 Å². The van der Waals surface area contributed by atoms with Gasteiger partial charge in [-0.25, -0.2) is 14.1 Å². The second-order valence-electron chi connectivity index (χ2n) is 10.4. The molecule has 0 spiro atoms. The number of ether oxygens (including phenoxy) is 1. The summed E-state index contributed by atoms with van der Waals surface area (Å²) in [5, 5.41) is 0. The minimum absolute atomic E-state index is 0.139. The fraction of sp³-hybridized carbons (Fsp3) is 0.118. The van der Waals surface area contributed by atoms with Crippen LogP contribution in [0.15, 0.2) is 109 Å². The van der Waals surface area contributed by atoms with E-state index in [-0.39, 0.29) is 17.2 Å². The number of hydrogen-bond acceptors (Lipinski definition) is 6. The second-order valence-corrected chi connectivity index (χ2v) is 10.4. The number of imide groups is 1. The zero-order chi connectivity index (χ0) is 29.0. The lowest BCUT2D eigenvalue weighted by atomic mass is 9.89. The molecule has 0 aliphatic carbocycles. The molecule has 0 N–H and O–H groups in total. The fourth-order valence-corrected chi connectivity index (χ4v) is 6.26. The number of anilines is 2. The molecule has 0 unspecified atom stereocenters. The minimum atomic E-state index is -1.15. The first-order valence-corrected chi connectivity index (χ1v) is 13.5. The van der Waals surface area contributed by atoms with Crippen LogP contribution in [-0.4, -0.2) is 35.7 Å².